The van der Waals surface area contributed by atoms with Gasteiger partial charge in [-0.2, -0.15) is 0 Å². The highest BCUT2D eigenvalue weighted by Gasteiger charge is 2.26. The van der Waals surface area contributed by atoms with Gasteiger partial charge in [-0.15, -0.1) is 12.4 Å². The molecule has 0 aromatic carbocycles. The molecule has 1 aliphatic carbocycles. The first kappa shape index (κ1) is 15.8. The van der Waals surface area contributed by atoms with E-state index in [0.29, 0.717) is 24.4 Å². The maximum atomic E-state index is 12.3. The van der Waals surface area contributed by atoms with Gasteiger partial charge in [0.05, 0.1) is 0 Å². The smallest absolute Gasteiger partial charge is 0.224 e. The Labute approximate surface area is 117 Å². The Morgan fingerprint density at radius 2 is 1.89 bits per heavy atom. The molecule has 2 rings (SSSR count). The highest BCUT2D eigenvalue weighted by molar-refractivity contribution is 5.85. The Morgan fingerprint density at radius 1 is 1.17 bits per heavy atom. The van der Waals surface area contributed by atoms with Crippen LogP contribution >= 0.6 is 12.4 Å². The molecular formula is C14H27ClN2O. The van der Waals surface area contributed by atoms with Gasteiger partial charge in [0.2, 0.25) is 5.91 Å². The third-order valence-electron chi connectivity index (χ3n) is 4.26. The van der Waals surface area contributed by atoms with Crippen LogP contribution in [0.3, 0.4) is 0 Å². The molecule has 1 aliphatic heterocycles. The van der Waals surface area contributed by atoms with Crippen LogP contribution < -0.4 is 5.32 Å². The highest BCUT2D eigenvalue weighted by atomic mass is 35.5. The summed E-state index contributed by atoms with van der Waals surface area (Å²) in [4.78, 5) is 14.5. The number of hydrogen-bond acceptors (Lipinski definition) is 2. The van der Waals surface area contributed by atoms with Gasteiger partial charge in [0, 0.05) is 25.0 Å². The maximum absolute atomic E-state index is 12.3. The van der Waals surface area contributed by atoms with E-state index in [9.17, 15) is 4.79 Å². The van der Waals surface area contributed by atoms with E-state index >= 15 is 0 Å². The summed E-state index contributed by atoms with van der Waals surface area (Å²) < 4.78 is 0. The van der Waals surface area contributed by atoms with E-state index in [-0.39, 0.29) is 12.4 Å². The van der Waals surface area contributed by atoms with Crippen molar-refractivity contribution in [3.8, 4) is 0 Å². The van der Waals surface area contributed by atoms with Crippen LogP contribution in [0.2, 0.25) is 0 Å². The lowest BCUT2D eigenvalue weighted by Crippen LogP contribution is -2.43. The van der Waals surface area contributed by atoms with Crippen molar-refractivity contribution in [3.05, 3.63) is 0 Å². The fourth-order valence-corrected chi connectivity index (χ4v) is 3.29. The zero-order valence-corrected chi connectivity index (χ0v) is 12.3. The van der Waals surface area contributed by atoms with Gasteiger partial charge in [-0.3, -0.25) is 4.79 Å². The van der Waals surface area contributed by atoms with Gasteiger partial charge in [-0.05, 0) is 39.2 Å². The first-order valence-electron chi connectivity index (χ1n) is 7.34. The molecule has 0 bridgehead atoms. The average Bonchev–Trinajstić information content (AvgIpc) is 2.84. The molecule has 1 atom stereocenters. The number of rotatable bonds is 4. The van der Waals surface area contributed by atoms with Gasteiger partial charge < -0.3 is 10.2 Å². The monoisotopic (exact) mass is 274 g/mol. The molecule has 0 radical (unpaired) electrons. The largest absolute Gasteiger partial charge is 0.340 e. The Bertz CT molecular complexity index is 248. The molecule has 2 aliphatic rings. The molecule has 18 heavy (non-hydrogen) atoms. The zero-order valence-electron chi connectivity index (χ0n) is 11.5. The molecule has 3 nitrogen and oxygen atoms in total. The second-order valence-corrected chi connectivity index (χ2v) is 5.47. The number of carbonyl (C=O) groups is 1. The fourth-order valence-electron chi connectivity index (χ4n) is 3.29. The molecule has 0 aromatic rings. The summed E-state index contributed by atoms with van der Waals surface area (Å²) >= 11 is 0. The van der Waals surface area contributed by atoms with Gasteiger partial charge in [0.1, 0.15) is 0 Å². The van der Waals surface area contributed by atoms with Crippen LogP contribution in [0.4, 0.5) is 0 Å². The lowest BCUT2D eigenvalue weighted by atomic mass is 9.93. The third kappa shape index (κ3) is 4.13. The molecule has 1 N–H and O–H groups in total. The summed E-state index contributed by atoms with van der Waals surface area (Å²) in [6.07, 6.45) is 9.51. The van der Waals surface area contributed by atoms with Crippen LogP contribution in [0, 0.1) is 0 Å². The highest BCUT2D eigenvalue weighted by Crippen LogP contribution is 2.23. The summed E-state index contributed by atoms with van der Waals surface area (Å²) in [6.45, 7) is 4.10. The first-order valence-corrected chi connectivity index (χ1v) is 7.34. The van der Waals surface area contributed by atoms with E-state index in [0.717, 1.165) is 13.1 Å². The molecule has 1 unspecified atom stereocenters. The predicted molar refractivity (Wildman–Crippen MR) is 77.1 cm³/mol. The number of carbonyl (C=O) groups excluding carboxylic acids is 1. The Kier molecular flexibility index (Phi) is 7.02. The van der Waals surface area contributed by atoms with Gasteiger partial charge >= 0.3 is 0 Å². The number of nitrogens with one attached hydrogen (secondary N) is 1. The van der Waals surface area contributed by atoms with Crippen molar-refractivity contribution >= 4 is 18.3 Å². The minimum Gasteiger partial charge on any atom is -0.340 e. The number of amides is 1. The Balaban J connectivity index is 0.00000162. The third-order valence-corrected chi connectivity index (χ3v) is 4.26. The summed E-state index contributed by atoms with van der Waals surface area (Å²) in [5, 5.41) is 3.42. The molecule has 2 fully saturated rings. The Hall–Kier alpha value is -0.280. The second kappa shape index (κ2) is 8.00. The van der Waals surface area contributed by atoms with Crippen LogP contribution in [0.15, 0.2) is 0 Å². The number of nitrogens with zero attached hydrogens (tertiary/aromatic N) is 1. The molecule has 1 amide bonds. The molecule has 106 valence electrons. The summed E-state index contributed by atoms with van der Waals surface area (Å²) in [5.74, 6) is 0.374. The van der Waals surface area contributed by atoms with Crippen molar-refractivity contribution in [1.29, 1.82) is 0 Å². The average molecular weight is 275 g/mol. The van der Waals surface area contributed by atoms with E-state index in [2.05, 4.69) is 17.1 Å². The summed E-state index contributed by atoms with van der Waals surface area (Å²) in [6, 6.07) is 0.975. The van der Waals surface area contributed by atoms with E-state index in [4.69, 9.17) is 0 Å². The van der Waals surface area contributed by atoms with Crippen molar-refractivity contribution in [2.75, 3.05) is 13.1 Å². The molecule has 1 saturated heterocycles. The molecule has 4 heteroatoms. The molecule has 0 spiro atoms. The molecule has 1 heterocycles. The number of hydrogen-bond donors (Lipinski definition) is 1. The van der Waals surface area contributed by atoms with E-state index in [1.54, 1.807) is 0 Å². The predicted octanol–water partition coefficient (Wildman–Crippen LogP) is 2.73. The van der Waals surface area contributed by atoms with Crippen molar-refractivity contribution in [2.24, 2.45) is 0 Å². The van der Waals surface area contributed by atoms with Crippen LogP contribution in [0.25, 0.3) is 0 Å². The van der Waals surface area contributed by atoms with E-state index < -0.39 is 0 Å². The van der Waals surface area contributed by atoms with Gasteiger partial charge in [-0.1, -0.05) is 19.3 Å². The quantitative estimate of drug-likeness (QED) is 0.855. The molecule has 0 aromatic heterocycles. The zero-order chi connectivity index (χ0) is 12.1. The van der Waals surface area contributed by atoms with Crippen LogP contribution in [-0.4, -0.2) is 36.0 Å². The SMILES string of the molecule is CCN(C(=O)CC1CCCN1)C1CCCCC1.Cl. The van der Waals surface area contributed by atoms with Crippen molar-refractivity contribution in [1.82, 2.24) is 10.2 Å². The normalized spacial score (nSPS) is 24.6. The first-order chi connectivity index (χ1) is 8.31. The topological polar surface area (TPSA) is 32.3 Å². The number of halogens is 1. The summed E-state index contributed by atoms with van der Waals surface area (Å²) in [5.41, 5.74) is 0. The van der Waals surface area contributed by atoms with Crippen molar-refractivity contribution in [3.63, 3.8) is 0 Å². The van der Waals surface area contributed by atoms with Gasteiger partial charge in [0.15, 0.2) is 0 Å². The Morgan fingerprint density at radius 3 is 2.44 bits per heavy atom. The minimum atomic E-state index is 0. The van der Waals surface area contributed by atoms with E-state index in [1.165, 1.54) is 44.9 Å². The molecule has 1 saturated carbocycles. The van der Waals surface area contributed by atoms with Crippen LogP contribution in [0.5, 0.6) is 0 Å². The van der Waals surface area contributed by atoms with E-state index in [1.807, 2.05) is 0 Å². The maximum Gasteiger partial charge on any atom is 0.224 e. The van der Waals surface area contributed by atoms with Crippen LogP contribution in [0.1, 0.15) is 58.3 Å². The van der Waals surface area contributed by atoms with Gasteiger partial charge in [-0.25, -0.2) is 0 Å². The fraction of sp³-hybridized carbons (Fsp3) is 0.929. The van der Waals surface area contributed by atoms with Crippen molar-refractivity contribution in [2.45, 2.75) is 70.4 Å². The molecular weight excluding hydrogens is 248 g/mol. The lowest BCUT2D eigenvalue weighted by molar-refractivity contribution is -0.134. The minimum absolute atomic E-state index is 0. The second-order valence-electron chi connectivity index (χ2n) is 5.47. The van der Waals surface area contributed by atoms with Crippen LogP contribution in [-0.2, 0) is 4.79 Å². The summed E-state index contributed by atoms with van der Waals surface area (Å²) in [7, 11) is 0. The standard InChI is InChI=1S/C14H26N2O.ClH/c1-2-16(13-8-4-3-5-9-13)14(17)11-12-7-6-10-15-12;/h12-13,15H,2-11H2,1H3;1H. The lowest BCUT2D eigenvalue weighted by Gasteiger charge is -2.34. The van der Waals surface area contributed by atoms with Gasteiger partial charge in [0.25, 0.3) is 0 Å². The van der Waals surface area contributed by atoms with Crippen molar-refractivity contribution < 1.29 is 4.79 Å².